The summed E-state index contributed by atoms with van der Waals surface area (Å²) in [5, 5.41) is 0. The molecule has 0 aliphatic carbocycles. The zero-order valence-electron chi connectivity index (χ0n) is 10.0. The first-order valence-electron chi connectivity index (χ1n) is 5.43. The second kappa shape index (κ2) is 4.81. The number of rotatable bonds is 3. The minimum atomic E-state index is -4.18. The summed E-state index contributed by atoms with van der Waals surface area (Å²) >= 11 is 0. The average molecular weight is 253 g/mol. The van der Waals surface area contributed by atoms with E-state index < -0.39 is 24.2 Å². The number of hydrogen-bond donors (Lipinski definition) is 1. The van der Waals surface area contributed by atoms with Gasteiger partial charge in [0.05, 0.1) is 13.1 Å². The second-order valence-corrected chi connectivity index (χ2v) is 5.03. The van der Waals surface area contributed by atoms with Crippen molar-refractivity contribution in [1.29, 1.82) is 0 Å². The van der Waals surface area contributed by atoms with Crippen molar-refractivity contribution in [2.24, 2.45) is 5.73 Å². The van der Waals surface area contributed by atoms with Gasteiger partial charge in [-0.3, -0.25) is 14.6 Å². The summed E-state index contributed by atoms with van der Waals surface area (Å²) in [6, 6.07) is 0. The minimum Gasteiger partial charge on any atom is -0.369 e. The quantitative estimate of drug-likeness (QED) is 0.793. The maximum atomic E-state index is 12.3. The van der Waals surface area contributed by atoms with Crippen LogP contribution < -0.4 is 5.73 Å². The molecule has 1 fully saturated rings. The van der Waals surface area contributed by atoms with Crippen LogP contribution in [0.2, 0.25) is 0 Å². The third-order valence-corrected chi connectivity index (χ3v) is 2.90. The summed E-state index contributed by atoms with van der Waals surface area (Å²) in [5.74, 6) is -0.456. The zero-order valence-corrected chi connectivity index (χ0v) is 10.0. The Morgan fingerprint density at radius 2 is 1.94 bits per heavy atom. The number of nitrogens with zero attached hydrogens (tertiary/aromatic N) is 2. The summed E-state index contributed by atoms with van der Waals surface area (Å²) in [5.41, 5.74) is 4.63. The molecule has 7 heteroatoms. The first kappa shape index (κ1) is 14.2. The largest absolute Gasteiger partial charge is 0.401 e. The van der Waals surface area contributed by atoms with Gasteiger partial charge in [-0.1, -0.05) is 0 Å². The number of halogens is 3. The van der Waals surface area contributed by atoms with Crippen LogP contribution >= 0.6 is 0 Å². The molecule has 1 rings (SSSR count). The molecule has 2 N–H and O–H groups in total. The molecule has 1 saturated heterocycles. The van der Waals surface area contributed by atoms with Crippen molar-refractivity contribution in [3.8, 4) is 0 Å². The van der Waals surface area contributed by atoms with Crippen molar-refractivity contribution in [3.63, 3.8) is 0 Å². The number of primary amides is 1. The minimum absolute atomic E-state index is 0.0901. The molecule has 100 valence electrons. The Hall–Kier alpha value is -0.820. The molecule has 0 aromatic rings. The van der Waals surface area contributed by atoms with Gasteiger partial charge in [0.1, 0.15) is 0 Å². The lowest BCUT2D eigenvalue weighted by molar-refractivity contribution is -0.156. The van der Waals surface area contributed by atoms with Crippen molar-refractivity contribution in [2.75, 3.05) is 32.7 Å². The van der Waals surface area contributed by atoms with Gasteiger partial charge in [0.15, 0.2) is 0 Å². The van der Waals surface area contributed by atoms with Crippen LogP contribution in [-0.2, 0) is 4.79 Å². The predicted molar refractivity (Wildman–Crippen MR) is 57.3 cm³/mol. The predicted octanol–water partition coefficient (Wildman–Crippen LogP) is 0.430. The summed E-state index contributed by atoms with van der Waals surface area (Å²) in [4.78, 5) is 14.0. The van der Waals surface area contributed by atoms with E-state index in [0.717, 1.165) is 0 Å². The Kier molecular flexibility index (Phi) is 4.03. The SMILES string of the molecule is CC1(C)CN(CC(F)(F)F)CCN1CC(N)=O. The molecule has 0 aromatic heterocycles. The monoisotopic (exact) mass is 253 g/mol. The third-order valence-electron chi connectivity index (χ3n) is 2.90. The van der Waals surface area contributed by atoms with E-state index in [1.165, 1.54) is 4.90 Å². The van der Waals surface area contributed by atoms with E-state index in [1.807, 2.05) is 18.7 Å². The van der Waals surface area contributed by atoms with Crippen LogP contribution in [0.4, 0.5) is 13.2 Å². The van der Waals surface area contributed by atoms with Crippen molar-refractivity contribution >= 4 is 5.91 Å². The topological polar surface area (TPSA) is 49.6 Å². The molecule has 1 heterocycles. The molecule has 1 aliphatic rings. The highest BCUT2D eigenvalue weighted by atomic mass is 19.4. The van der Waals surface area contributed by atoms with Gasteiger partial charge in [0.2, 0.25) is 5.91 Å². The highest BCUT2D eigenvalue weighted by Gasteiger charge is 2.38. The first-order valence-corrected chi connectivity index (χ1v) is 5.43. The van der Waals surface area contributed by atoms with Crippen molar-refractivity contribution in [2.45, 2.75) is 25.6 Å². The standard InChI is InChI=1S/C10H18F3N3O/c1-9(2)6-15(7-10(11,12)13)3-4-16(9)5-8(14)17/h3-7H2,1-2H3,(H2,14,17). The Morgan fingerprint density at radius 3 is 2.35 bits per heavy atom. The number of carbonyl (C=O) groups excluding carboxylic acids is 1. The number of alkyl halides is 3. The van der Waals surface area contributed by atoms with Gasteiger partial charge < -0.3 is 5.73 Å². The van der Waals surface area contributed by atoms with Crippen molar-refractivity contribution < 1.29 is 18.0 Å². The van der Waals surface area contributed by atoms with Crippen LogP contribution in [0.5, 0.6) is 0 Å². The van der Waals surface area contributed by atoms with E-state index in [1.54, 1.807) is 0 Å². The van der Waals surface area contributed by atoms with Crippen LogP contribution in [0.1, 0.15) is 13.8 Å². The fourth-order valence-electron chi connectivity index (χ4n) is 2.16. The van der Waals surface area contributed by atoms with E-state index in [-0.39, 0.29) is 13.1 Å². The van der Waals surface area contributed by atoms with Crippen LogP contribution in [0.25, 0.3) is 0 Å². The van der Waals surface area contributed by atoms with E-state index in [9.17, 15) is 18.0 Å². The molecule has 1 aliphatic heterocycles. The lowest BCUT2D eigenvalue weighted by atomic mass is 9.98. The van der Waals surface area contributed by atoms with E-state index in [0.29, 0.717) is 13.1 Å². The molecular formula is C10H18F3N3O. The van der Waals surface area contributed by atoms with Gasteiger partial charge in [-0.2, -0.15) is 13.2 Å². The Balaban J connectivity index is 2.59. The molecule has 4 nitrogen and oxygen atoms in total. The third kappa shape index (κ3) is 4.51. The fraction of sp³-hybridized carbons (Fsp3) is 0.900. The summed E-state index contributed by atoms with van der Waals surface area (Å²) < 4.78 is 36.8. The van der Waals surface area contributed by atoms with Gasteiger partial charge in [-0.15, -0.1) is 0 Å². The normalized spacial score (nSPS) is 22.6. The summed E-state index contributed by atoms with van der Waals surface area (Å²) in [7, 11) is 0. The molecule has 0 radical (unpaired) electrons. The second-order valence-electron chi connectivity index (χ2n) is 5.03. The number of nitrogens with two attached hydrogens (primary N) is 1. The summed E-state index contributed by atoms with van der Waals surface area (Å²) in [6.45, 7) is 3.83. The number of carbonyl (C=O) groups is 1. The lowest BCUT2D eigenvalue weighted by Gasteiger charge is -2.46. The van der Waals surface area contributed by atoms with Gasteiger partial charge >= 0.3 is 6.18 Å². The van der Waals surface area contributed by atoms with Gasteiger partial charge in [-0.05, 0) is 13.8 Å². The van der Waals surface area contributed by atoms with Crippen molar-refractivity contribution in [3.05, 3.63) is 0 Å². The van der Waals surface area contributed by atoms with E-state index >= 15 is 0 Å². The van der Waals surface area contributed by atoms with Crippen LogP contribution in [0.15, 0.2) is 0 Å². The highest BCUT2D eigenvalue weighted by Crippen LogP contribution is 2.24. The molecule has 0 atom stereocenters. The van der Waals surface area contributed by atoms with Crippen LogP contribution in [-0.4, -0.2) is 60.1 Å². The molecule has 17 heavy (non-hydrogen) atoms. The van der Waals surface area contributed by atoms with E-state index in [2.05, 4.69) is 0 Å². The maximum absolute atomic E-state index is 12.3. The zero-order chi connectivity index (χ0) is 13.3. The smallest absolute Gasteiger partial charge is 0.369 e. The molecule has 0 unspecified atom stereocenters. The number of hydrogen-bond acceptors (Lipinski definition) is 3. The van der Waals surface area contributed by atoms with Gasteiger partial charge in [0, 0.05) is 25.2 Å². The molecule has 0 saturated carbocycles. The van der Waals surface area contributed by atoms with Gasteiger partial charge in [-0.25, -0.2) is 0 Å². The number of piperazine rings is 1. The summed E-state index contributed by atoms with van der Waals surface area (Å²) in [6.07, 6.45) is -4.18. The Bertz CT molecular complexity index is 291. The highest BCUT2D eigenvalue weighted by molar-refractivity contribution is 5.76. The Morgan fingerprint density at radius 1 is 1.35 bits per heavy atom. The molecule has 0 bridgehead atoms. The molecule has 0 spiro atoms. The fourth-order valence-corrected chi connectivity index (χ4v) is 2.16. The Labute approximate surface area is 98.5 Å². The van der Waals surface area contributed by atoms with Crippen LogP contribution in [0, 0.1) is 0 Å². The van der Waals surface area contributed by atoms with Gasteiger partial charge in [0.25, 0.3) is 0 Å². The van der Waals surface area contributed by atoms with Crippen molar-refractivity contribution in [1.82, 2.24) is 9.80 Å². The van der Waals surface area contributed by atoms with Crippen LogP contribution in [0.3, 0.4) is 0 Å². The molecule has 1 amide bonds. The molecular weight excluding hydrogens is 235 g/mol. The van der Waals surface area contributed by atoms with E-state index in [4.69, 9.17) is 5.73 Å². The first-order chi connectivity index (χ1) is 7.60. The number of amides is 1. The maximum Gasteiger partial charge on any atom is 0.401 e. The lowest BCUT2D eigenvalue weighted by Crippen LogP contribution is -2.61. The average Bonchev–Trinajstić information content (AvgIpc) is 2.05. The molecule has 0 aromatic carbocycles.